The summed E-state index contributed by atoms with van der Waals surface area (Å²) in [6, 6.07) is 14.6. The van der Waals surface area contributed by atoms with Crippen LogP contribution in [0.25, 0.3) is 5.69 Å². The third-order valence-electron chi connectivity index (χ3n) is 4.30. The summed E-state index contributed by atoms with van der Waals surface area (Å²) in [7, 11) is -2.31. The topological polar surface area (TPSA) is 73.2 Å². The van der Waals surface area contributed by atoms with E-state index in [1.165, 1.54) is 13.2 Å². The minimum absolute atomic E-state index is 0.0881. The number of ether oxygens (including phenoxy) is 1. The maximum atomic E-state index is 12.8. The van der Waals surface area contributed by atoms with Gasteiger partial charge in [-0.15, -0.1) is 0 Å². The van der Waals surface area contributed by atoms with Crippen LogP contribution in [0.5, 0.6) is 5.75 Å². The van der Waals surface area contributed by atoms with Crippen molar-refractivity contribution in [3.8, 4) is 11.4 Å². The molecule has 1 N–H and O–H groups in total. The molecule has 2 aromatic carbocycles. The number of para-hydroxylation sites is 1. The third kappa shape index (κ3) is 4.07. The van der Waals surface area contributed by atoms with Crippen molar-refractivity contribution in [2.75, 3.05) is 7.11 Å². The van der Waals surface area contributed by atoms with E-state index in [9.17, 15) is 8.42 Å². The first-order valence-electron chi connectivity index (χ1n) is 8.27. The summed E-state index contributed by atoms with van der Waals surface area (Å²) >= 11 is 3.31. The summed E-state index contributed by atoms with van der Waals surface area (Å²) in [5.74, 6) is 0.291. The predicted molar refractivity (Wildman–Crippen MR) is 108 cm³/mol. The Hall–Kier alpha value is -2.16. The van der Waals surface area contributed by atoms with E-state index in [4.69, 9.17) is 4.74 Å². The maximum Gasteiger partial charge on any atom is 0.244 e. The summed E-state index contributed by atoms with van der Waals surface area (Å²) in [5.41, 5.74) is 3.44. The highest BCUT2D eigenvalue weighted by molar-refractivity contribution is 9.10. The molecule has 0 saturated carbocycles. The van der Waals surface area contributed by atoms with E-state index in [1.807, 2.05) is 48.9 Å². The van der Waals surface area contributed by atoms with Crippen LogP contribution in [0.1, 0.15) is 17.0 Å². The van der Waals surface area contributed by atoms with Crippen LogP contribution < -0.4 is 9.46 Å². The van der Waals surface area contributed by atoms with E-state index in [2.05, 4.69) is 25.8 Å². The summed E-state index contributed by atoms with van der Waals surface area (Å²) in [6.07, 6.45) is 0. The van der Waals surface area contributed by atoms with Crippen LogP contribution in [0, 0.1) is 13.8 Å². The van der Waals surface area contributed by atoms with Gasteiger partial charge < -0.3 is 4.74 Å². The lowest BCUT2D eigenvalue weighted by atomic mass is 10.2. The zero-order chi connectivity index (χ0) is 19.6. The Bertz CT molecular complexity index is 1060. The van der Waals surface area contributed by atoms with E-state index in [0.717, 1.165) is 22.6 Å². The van der Waals surface area contributed by atoms with Gasteiger partial charge in [-0.2, -0.15) is 5.10 Å². The predicted octanol–water partition coefficient (Wildman–Crippen LogP) is 3.74. The van der Waals surface area contributed by atoms with Gasteiger partial charge in [-0.1, -0.05) is 34.1 Å². The molecule has 0 amide bonds. The summed E-state index contributed by atoms with van der Waals surface area (Å²) in [4.78, 5) is 0.0881. The SMILES string of the molecule is COc1ccc(Br)cc1S(=O)(=O)NCc1c(C)nn(-c2ccccc2)c1C. The molecule has 1 aromatic heterocycles. The summed E-state index contributed by atoms with van der Waals surface area (Å²) < 4.78 is 35.9. The van der Waals surface area contributed by atoms with Gasteiger partial charge in [0.2, 0.25) is 10.0 Å². The van der Waals surface area contributed by atoms with E-state index in [-0.39, 0.29) is 11.4 Å². The molecule has 0 fully saturated rings. The average Bonchev–Trinajstić information content (AvgIpc) is 2.94. The molecule has 0 aliphatic rings. The van der Waals surface area contributed by atoms with Crippen molar-refractivity contribution >= 4 is 26.0 Å². The minimum atomic E-state index is -3.75. The van der Waals surface area contributed by atoms with Gasteiger partial charge in [-0.25, -0.2) is 17.8 Å². The zero-order valence-electron chi connectivity index (χ0n) is 15.2. The number of sulfonamides is 1. The van der Waals surface area contributed by atoms with Crippen molar-refractivity contribution in [1.82, 2.24) is 14.5 Å². The molecule has 0 bridgehead atoms. The molecule has 8 heteroatoms. The molecule has 3 aromatic rings. The highest BCUT2D eigenvalue weighted by atomic mass is 79.9. The van der Waals surface area contributed by atoms with E-state index >= 15 is 0 Å². The summed E-state index contributed by atoms with van der Waals surface area (Å²) in [5, 5.41) is 4.55. The first-order valence-corrected chi connectivity index (χ1v) is 10.5. The molecule has 0 aliphatic heterocycles. The Labute approximate surface area is 167 Å². The number of rotatable bonds is 6. The number of methoxy groups -OCH3 is 1. The highest BCUT2D eigenvalue weighted by Crippen LogP contribution is 2.27. The maximum absolute atomic E-state index is 12.8. The Morgan fingerprint density at radius 2 is 1.85 bits per heavy atom. The monoisotopic (exact) mass is 449 g/mol. The van der Waals surface area contributed by atoms with Crippen LogP contribution in [0.15, 0.2) is 57.9 Å². The molecule has 142 valence electrons. The van der Waals surface area contributed by atoms with Gasteiger partial charge in [0.1, 0.15) is 10.6 Å². The molecule has 3 rings (SSSR count). The molecule has 0 atom stereocenters. The van der Waals surface area contributed by atoms with Gasteiger partial charge in [0.05, 0.1) is 18.5 Å². The first-order chi connectivity index (χ1) is 12.8. The van der Waals surface area contributed by atoms with Gasteiger partial charge in [0.15, 0.2) is 0 Å². The molecule has 1 heterocycles. The zero-order valence-corrected chi connectivity index (χ0v) is 17.6. The van der Waals surface area contributed by atoms with Crippen LogP contribution in [-0.2, 0) is 16.6 Å². The standard InChI is InChI=1S/C19H20BrN3O3S/c1-13-17(14(2)23(22-13)16-7-5-4-6-8-16)12-21-27(24,25)19-11-15(20)9-10-18(19)26-3/h4-11,21H,12H2,1-3H3. The van der Waals surface area contributed by atoms with Gasteiger partial charge >= 0.3 is 0 Å². The number of benzene rings is 2. The molecular weight excluding hydrogens is 430 g/mol. The number of hydrogen-bond acceptors (Lipinski definition) is 4. The molecule has 0 unspecified atom stereocenters. The number of halogens is 1. The normalized spacial score (nSPS) is 11.6. The first kappa shape index (κ1) is 19.6. The molecule has 0 spiro atoms. The van der Waals surface area contributed by atoms with Crippen molar-refractivity contribution in [1.29, 1.82) is 0 Å². The number of aryl methyl sites for hydroxylation is 1. The number of nitrogens with one attached hydrogen (secondary N) is 1. The van der Waals surface area contributed by atoms with Crippen molar-refractivity contribution in [3.05, 3.63) is 70.0 Å². The molecule has 0 radical (unpaired) electrons. The van der Waals surface area contributed by atoms with Gasteiger partial charge in [0, 0.05) is 22.3 Å². The van der Waals surface area contributed by atoms with Crippen molar-refractivity contribution in [2.24, 2.45) is 0 Å². The Balaban J connectivity index is 1.89. The summed E-state index contributed by atoms with van der Waals surface area (Å²) in [6.45, 7) is 3.94. The van der Waals surface area contributed by atoms with Crippen LogP contribution in [0.4, 0.5) is 0 Å². The molecule has 27 heavy (non-hydrogen) atoms. The minimum Gasteiger partial charge on any atom is -0.495 e. The van der Waals surface area contributed by atoms with Crippen LogP contribution >= 0.6 is 15.9 Å². The van der Waals surface area contributed by atoms with E-state index in [0.29, 0.717) is 10.2 Å². The Kier molecular flexibility index (Phi) is 5.69. The van der Waals surface area contributed by atoms with Crippen molar-refractivity contribution in [2.45, 2.75) is 25.3 Å². The van der Waals surface area contributed by atoms with Gasteiger partial charge in [-0.05, 0) is 44.2 Å². The largest absolute Gasteiger partial charge is 0.495 e. The fourth-order valence-corrected chi connectivity index (χ4v) is 4.56. The second kappa shape index (κ2) is 7.84. The van der Waals surface area contributed by atoms with Crippen molar-refractivity contribution < 1.29 is 13.2 Å². The number of aromatic nitrogens is 2. The van der Waals surface area contributed by atoms with E-state index in [1.54, 1.807) is 12.1 Å². The molecule has 0 saturated heterocycles. The fourth-order valence-electron chi connectivity index (χ4n) is 2.86. The van der Waals surface area contributed by atoms with Crippen LogP contribution in [0.2, 0.25) is 0 Å². The van der Waals surface area contributed by atoms with Gasteiger partial charge in [0.25, 0.3) is 0 Å². The molecular formula is C19H20BrN3O3S. The Morgan fingerprint density at radius 3 is 2.52 bits per heavy atom. The number of nitrogens with zero attached hydrogens (tertiary/aromatic N) is 2. The lowest BCUT2D eigenvalue weighted by Crippen LogP contribution is -2.24. The fraction of sp³-hybridized carbons (Fsp3) is 0.211. The van der Waals surface area contributed by atoms with Crippen molar-refractivity contribution in [3.63, 3.8) is 0 Å². The van der Waals surface area contributed by atoms with E-state index < -0.39 is 10.0 Å². The second-order valence-corrected chi connectivity index (χ2v) is 8.67. The lowest BCUT2D eigenvalue weighted by molar-refractivity contribution is 0.402. The number of hydrogen-bond donors (Lipinski definition) is 1. The Morgan fingerprint density at radius 1 is 1.15 bits per heavy atom. The lowest BCUT2D eigenvalue weighted by Gasteiger charge is -2.11. The molecule has 0 aliphatic carbocycles. The smallest absolute Gasteiger partial charge is 0.244 e. The van der Waals surface area contributed by atoms with Gasteiger partial charge in [-0.3, -0.25) is 0 Å². The molecule has 6 nitrogen and oxygen atoms in total. The van der Waals surface area contributed by atoms with Crippen LogP contribution in [-0.4, -0.2) is 25.3 Å². The average molecular weight is 450 g/mol. The quantitative estimate of drug-likeness (QED) is 0.621. The second-order valence-electron chi connectivity index (χ2n) is 6.02. The third-order valence-corrected chi connectivity index (χ3v) is 6.21. The highest BCUT2D eigenvalue weighted by Gasteiger charge is 2.21. The van der Waals surface area contributed by atoms with Crippen LogP contribution in [0.3, 0.4) is 0 Å².